The highest BCUT2D eigenvalue weighted by molar-refractivity contribution is 6.32. The topological polar surface area (TPSA) is 42.4 Å². The maximum atomic E-state index is 13.0. The summed E-state index contributed by atoms with van der Waals surface area (Å²) in [6, 6.07) is 16.9. The van der Waals surface area contributed by atoms with E-state index in [1.807, 2.05) is 12.1 Å². The Morgan fingerprint density at radius 2 is 1.81 bits per heavy atom. The lowest BCUT2D eigenvalue weighted by Crippen LogP contribution is -2.48. The van der Waals surface area contributed by atoms with Crippen molar-refractivity contribution < 1.29 is 13.9 Å². The second kappa shape index (κ2) is 7.37. The lowest BCUT2D eigenvalue weighted by Gasteiger charge is -2.39. The van der Waals surface area contributed by atoms with Crippen LogP contribution in [0.25, 0.3) is 0 Å². The number of pyridine rings is 1. The van der Waals surface area contributed by atoms with Crippen LogP contribution in [0.15, 0.2) is 66.9 Å². The largest absolute Gasteiger partial charge is 0.437 e. The van der Waals surface area contributed by atoms with E-state index < -0.39 is 0 Å². The summed E-state index contributed by atoms with van der Waals surface area (Å²) >= 11 is 6.06. The average Bonchev–Trinajstić information content (AvgIpc) is 2.64. The molecule has 2 heterocycles. The molecule has 4 nitrogen and oxygen atoms in total. The maximum Gasteiger partial charge on any atom is 0.255 e. The standard InChI is InChI=1S/C21H16ClFN2O2/c22-18-3-1-2-4-19(18)27-20-10-7-15(11-24-20)21(26)25-12-16(13-25)14-5-8-17(23)9-6-14/h1-11,16H,12-13H2. The molecule has 1 aliphatic rings. The molecule has 0 N–H and O–H groups in total. The Bertz CT molecular complexity index is 955. The van der Waals surface area contributed by atoms with Gasteiger partial charge in [-0.25, -0.2) is 9.37 Å². The number of nitrogens with zero attached hydrogens (tertiary/aromatic N) is 2. The first kappa shape index (κ1) is 17.5. The molecule has 0 saturated carbocycles. The highest BCUT2D eigenvalue weighted by Crippen LogP contribution is 2.30. The molecule has 1 aromatic heterocycles. The fraction of sp³-hybridized carbons (Fsp3) is 0.143. The number of benzene rings is 2. The van der Waals surface area contributed by atoms with Crippen LogP contribution in [-0.4, -0.2) is 28.9 Å². The van der Waals surface area contributed by atoms with Crippen molar-refractivity contribution >= 4 is 17.5 Å². The van der Waals surface area contributed by atoms with Gasteiger partial charge in [0.15, 0.2) is 0 Å². The van der Waals surface area contributed by atoms with E-state index in [2.05, 4.69) is 4.98 Å². The van der Waals surface area contributed by atoms with Crippen LogP contribution >= 0.6 is 11.6 Å². The van der Waals surface area contributed by atoms with Crippen molar-refractivity contribution in [2.45, 2.75) is 5.92 Å². The number of hydrogen-bond acceptors (Lipinski definition) is 3. The number of amides is 1. The molecule has 27 heavy (non-hydrogen) atoms. The molecule has 0 unspecified atom stereocenters. The second-order valence-corrected chi connectivity index (χ2v) is 6.78. The Kier molecular flexibility index (Phi) is 4.77. The van der Waals surface area contributed by atoms with Crippen molar-refractivity contribution in [1.29, 1.82) is 0 Å². The van der Waals surface area contributed by atoms with E-state index in [9.17, 15) is 9.18 Å². The molecule has 1 fully saturated rings. The number of para-hydroxylation sites is 1. The first-order chi connectivity index (χ1) is 13.1. The van der Waals surface area contributed by atoms with Crippen molar-refractivity contribution in [3.05, 3.63) is 88.8 Å². The molecule has 1 saturated heterocycles. The summed E-state index contributed by atoms with van der Waals surface area (Å²) < 4.78 is 18.6. The van der Waals surface area contributed by atoms with Crippen molar-refractivity contribution in [2.75, 3.05) is 13.1 Å². The summed E-state index contributed by atoms with van der Waals surface area (Å²) in [5, 5.41) is 0.492. The van der Waals surface area contributed by atoms with E-state index >= 15 is 0 Å². The Hall–Kier alpha value is -2.92. The quantitative estimate of drug-likeness (QED) is 0.644. The minimum Gasteiger partial charge on any atom is -0.437 e. The molecule has 0 bridgehead atoms. The Morgan fingerprint density at radius 1 is 1.07 bits per heavy atom. The molecule has 6 heteroatoms. The van der Waals surface area contributed by atoms with Gasteiger partial charge in [-0.2, -0.15) is 0 Å². The van der Waals surface area contributed by atoms with Gasteiger partial charge in [0, 0.05) is 31.3 Å². The van der Waals surface area contributed by atoms with Gasteiger partial charge in [0.2, 0.25) is 5.88 Å². The molecular formula is C21H16ClFN2O2. The Morgan fingerprint density at radius 3 is 2.48 bits per heavy atom. The zero-order valence-electron chi connectivity index (χ0n) is 14.3. The molecule has 3 aromatic rings. The van der Waals surface area contributed by atoms with Crippen molar-refractivity contribution in [3.8, 4) is 11.6 Å². The van der Waals surface area contributed by atoms with Crippen LogP contribution in [-0.2, 0) is 0 Å². The van der Waals surface area contributed by atoms with Crippen molar-refractivity contribution in [3.63, 3.8) is 0 Å². The Balaban J connectivity index is 1.37. The van der Waals surface area contributed by atoms with Crippen LogP contribution in [0, 0.1) is 5.82 Å². The third-order valence-electron chi connectivity index (χ3n) is 4.54. The lowest BCUT2D eigenvalue weighted by molar-refractivity contribution is 0.0602. The van der Waals surface area contributed by atoms with Gasteiger partial charge >= 0.3 is 0 Å². The molecule has 0 radical (unpaired) electrons. The number of aromatic nitrogens is 1. The summed E-state index contributed by atoms with van der Waals surface area (Å²) in [5.74, 6) is 0.787. The summed E-state index contributed by atoms with van der Waals surface area (Å²) in [6.45, 7) is 1.23. The highest BCUT2D eigenvalue weighted by Gasteiger charge is 2.32. The second-order valence-electron chi connectivity index (χ2n) is 6.38. The fourth-order valence-electron chi connectivity index (χ4n) is 2.98. The molecule has 136 valence electrons. The molecule has 0 aliphatic carbocycles. The van der Waals surface area contributed by atoms with Crippen LogP contribution in [0.4, 0.5) is 4.39 Å². The minimum absolute atomic E-state index is 0.0786. The fourth-order valence-corrected chi connectivity index (χ4v) is 3.15. The summed E-state index contributed by atoms with van der Waals surface area (Å²) in [6.07, 6.45) is 1.50. The molecule has 4 rings (SSSR count). The van der Waals surface area contributed by atoms with Gasteiger partial charge in [-0.3, -0.25) is 4.79 Å². The first-order valence-electron chi connectivity index (χ1n) is 8.53. The molecule has 0 spiro atoms. The van der Waals surface area contributed by atoms with Gasteiger partial charge < -0.3 is 9.64 Å². The predicted molar refractivity (Wildman–Crippen MR) is 101 cm³/mol. The van der Waals surface area contributed by atoms with Crippen LogP contribution in [0.5, 0.6) is 11.6 Å². The number of ether oxygens (including phenoxy) is 1. The number of hydrogen-bond donors (Lipinski definition) is 0. The van der Waals surface area contributed by atoms with Gasteiger partial charge in [0.25, 0.3) is 5.91 Å². The molecular weight excluding hydrogens is 367 g/mol. The van der Waals surface area contributed by atoms with Crippen LogP contribution in [0.2, 0.25) is 5.02 Å². The van der Waals surface area contributed by atoms with Gasteiger partial charge in [-0.1, -0.05) is 35.9 Å². The van der Waals surface area contributed by atoms with E-state index in [-0.39, 0.29) is 17.6 Å². The van der Waals surface area contributed by atoms with Gasteiger partial charge in [-0.05, 0) is 35.9 Å². The van der Waals surface area contributed by atoms with Crippen LogP contribution in [0.3, 0.4) is 0 Å². The number of carbonyl (C=O) groups excluding carboxylic acids is 1. The lowest BCUT2D eigenvalue weighted by atomic mass is 9.91. The summed E-state index contributed by atoms with van der Waals surface area (Å²) in [4.78, 5) is 18.5. The van der Waals surface area contributed by atoms with E-state index in [1.165, 1.54) is 18.3 Å². The molecule has 1 aliphatic heterocycles. The van der Waals surface area contributed by atoms with Gasteiger partial charge in [-0.15, -0.1) is 0 Å². The van der Waals surface area contributed by atoms with E-state index in [0.29, 0.717) is 35.3 Å². The summed E-state index contributed by atoms with van der Waals surface area (Å²) in [7, 11) is 0. The number of halogens is 2. The van der Waals surface area contributed by atoms with Crippen LogP contribution < -0.4 is 4.74 Å². The third-order valence-corrected chi connectivity index (χ3v) is 4.86. The molecule has 2 aromatic carbocycles. The maximum absolute atomic E-state index is 13.0. The van der Waals surface area contributed by atoms with E-state index in [1.54, 1.807) is 41.3 Å². The van der Waals surface area contributed by atoms with Crippen molar-refractivity contribution in [1.82, 2.24) is 9.88 Å². The molecule has 1 amide bonds. The molecule has 0 atom stereocenters. The average molecular weight is 383 g/mol. The smallest absolute Gasteiger partial charge is 0.255 e. The minimum atomic E-state index is -0.254. The van der Waals surface area contributed by atoms with Gasteiger partial charge in [0.05, 0.1) is 10.6 Å². The zero-order chi connectivity index (χ0) is 18.8. The van der Waals surface area contributed by atoms with Crippen molar-refractivity contribution in [2.24, 2.45) is 0 Å². The third kappa shape index (κ3) is 3.78. The SMILES string of the molecule is O=C(c1ccc(Oc2ccccc2Cl)nc1)N1CC(c2ccc(F)cc2)C1. The monoisotopic (exact) mass is 382 g/mol. The van der Waals surface area contributed by atoms with Gasteiger partial charge in [0.1, 0.15) is 11.6 Å². The number of carbonyl (C=O) groups is 1. The predicted octanol–water partition coefficient (Wildman–Crippen LogP) is 4.91. The number of rotatable bonds is 4. The van der Waals surface area contributed by atoms with Crippen LogP contribution in [0.1, 0.15) is 21.8 Å². The zero-order valence-corrected chi connectivity index (χ0v) is 15.1. The van der Waals surface area contributed by atoms with E-state index in [0.717, 1.165) is 5.56 Å². The number of likely N-dealkylation sites (tertiary alicyclic amines) is 1. The highest BCUT2D eigenvalue weighted by atomic mass is 35.5. The Labute approximate surface area is 161 Å². The summed E-state index contributed by atoms with van der Waals surface area (Å²) in [5.41, 5.74) is 1.54. The van der Waals surface area contributed by atoms with E-state index in [4.69, 9.17) is 16.3 Å². The normalized spacial score (nSPS) is 13.9. The first-order valence-corrected chi connectivity index (χ1v) is 8.91.